The van der Waals surface area contributed by atoms with Gasteiger partial charge in [-0.2, -0.15) is 0 Å². The highest BCUT2D eigenvalue weighted by Gasteiger charge is 2.61. The van der Waals surface area contributed by atoms with Crippen LogP contribution in [0.1, 0.15) is 62.0 Å². The molecule has 5 heterocycles. The maximum absolute atomic E-state index is 12.9. The predicted octanol–water partition coefficient (Wildman–Crippen LogP) is 2.65. The normalized spacial score (nSPS) is 27.1. The van der Waals surface area contributed by atoms with Gasteiger partial charge >= 0.3 is 0 Å². The molecule has 2 aromatic heterocycles. The van der Waals surface area contributed by atoms with E-state index >= 15 is 0 Å². The predicted molar refractivity (Wildman–Crippen MR) is 126 cm³/mol. The van der Waals surface area contributed by atoms with Gasteiger partial charge in [-0.3, -0.25) is 9.78 Å². The summed E-state index contributed by atoms with van der Waals surface area (Å²) in [4.78, 5) is 19.3. The van der Waals surface area contributed by atoms with E-state index in [0.29, 0.717) is 26.0 Å². The van der Waals surface area contributed by atoms with Crippen molar-refractivity contribution in [1.29, 1.82) is 0 Å². The fourth-order valence-electron chi connectivity index (χ4n) is 6.18. The van der Waals surface area contributed by atoms with Crippen LogP contribution in [-0.2, 0) is 28.1 Å². The Hall–Kier alpha value is -3.04. The number of amides is 1. The average Bonchev–Trinajstić information content (AvgIpc) is 3.55. The quantitative estimate of drug-likeness (QED) is 0.605. The summed E-state index contributed by atoms with van der Waals surface area (Å²) in [6.07, 6.45) is 8.25. The Morgan fingerprint density at radius 3 is 2.97 bits per heavy atom. The van der Waals surface area contributed by atoms with Crippen molar-refractivity contribution in [3.05, 3.63) is 47.4 Å². The van der Waals surface area contributed by atoms with E-state index in [4.69, 9.17) is 9.47 Å². The van der Waals surface area contributed by atoms with Gasteiger partial charge in [-0.25, -0.2) is 4.68 Å². The van der Waals surface area contributed by atoms with Crippen molar-refractivity contribution in [2.45, 2.75) is 75.3 Å². The van der Waals surface area contributed by atoms with Crippen LogP contribution in [0.15, 0.2) is 30.6 Å². The van der Waals surface area contributed by atoms with Gasteiger partial charge in [0, 0.05) is 24.2 Å². The maximum atomic E-state index is 12.9. The second-order valence-electron chi connectivity index (χ2n) is 10.7. The molecule has 1 atom stereocenters. The molecule has 1 aromatic carbocycles. The summed E-state index contributed by atoms with van der Waals surface area (Å²) in [6.45, 7) is 3.89. The van der Waals surface area contributed by atoms with Gasteiger partial charge in [0.15, 0.2) is 0 Å². The van der Waals surface area contributed by atoms with E-state index < -0.39 is 5.60 Å². The van der Waals surface area contributed by atoms with Crippen molar-refractivity contribution in [2.75, 3.05) is 13.2 Å². The summed E-state index contributed by atoms with van der Waals surface area (Å²) in [5.74, 6) is 0.666. The molecule has 0 spiro atoms. The molecular weight excluding hydrogens is 446 g/mol. The van der Waals surface area contributed by atoms with Crippen molar-refractivity contribution in [3.63, 3.8) is 0 Å². The van der Waals surface area contributed by atoms with Crippen LogP contribution in [0, 0.1) is 0 Å². The Kier molecular flexibility index (Phi) is 4.54. The molecule has 182 valence electrons. The van der Waals surface area contributed by atoms with Gasteiger partial charge in [0.25, 0.3) is 5.91 Å². The zero-order chi connectivity index (χ0) is 23.8. The molecule has 4 fully saturated rings. The number of benzene rings is 1. The lowest BCUT2D eigenvalue weighted by Crippen LogP contribution is -2.53. The first kappa shape index (κ1) is 21.3. The Balaban J connectivity index is 1.08. The van der Waals surface area contributed by atoms with E-state index in [2.05, 4.69) is 21.4 Å². The van der Waals surface area contributed by atoms with Crippen LogP contribution < -0.4 is 4.74 Å². The molecule has 9 nitrogen and oxygen atoms in total. The number of rotatable bonds is 5. The fraction of sp³-hybridized carbons (Fsp3) is 0.538. The highest BCUT2D eigenvalue weighted by molar-refractivity contribution is 5.87. The van der Waals surface area contributed by atoms with Crippen LogP contribution in [0.3, 0.4) is 0 Å². The number of aliphatic hydroxyl groups is 1. The van der Waals surface area contributed by atoms with E-state index in [1.54, 1.807) is 0 Å². The molecule has 5 aliphatic rings. The number of nitrogens with zero attached hydrogens (tertiary/aromatic N) is 5. The fourth-order valence-corrected chi connectivity index (χ4v) is 6.18. The van der Waals surface area contributed by atoms with Gasteiger partial charge in [0.2, 0.25) is 0 Å². The van der Waals surface area contributed by atoms with E-state index in [0.717, 1.165) is 60.2 Å². The van der Waals surface area contributed by atoms with Crippen molar-refractivity contribution in [2.24, 2.45) is 0 Å². The van der Waals surface area contributed by atoms with Crippen LogP contribution in [0.2, 0.25) is 0 Å². The largest absolute Gasteiger partial charge is 0.484 e. The molecule has 35 heavy (non-hydrogen) atoms. The third-order valence-electron chi connectivity index (χ3n) is 8.50. The lowest BCUT2D eigenvalue weighted by molar-refractivity contribution is -0.160. The lowest BCUT2D eigenvalue weighted by Gasteiger charge is -2.40. The molecule has 3 aromatic rings. The highest BCUT2D eigenvalue weighted by atomic mass is 16.5. The summed E-state index contributed by atoms with van der Waals surface area (Å²) in [5, 5.41) is 20.5. The Morgan fingerprint density at radius 1 is 1.31 bits per heavy atom. The van der Waals surface area contributed by atoms with E-state index in [9.17, 15) is 9.90 Å². The third kappa shape index (κ3) is 3.21. The number of pyridine rings is 1. The van der Waals surface area contributed by atoms with Crippen LogP contribution in [0.4, 0.5) is 0 Å². The lowest BCUT2D eigenvalue weighted by atomic mass is 9.77. The average molecular weight is 476 g/mol. The molecule has 0 radical (unpaired) electrons. The smallest absolute Gasteiger partial charge is 0.254 e. The second kappa shape index (κ2) is 7.48. The minimum atomic E-state index is -1.14. The molecule has 2 aliphatic carbocycles. The molecule has 0 unspecified atom stereocenters. The monoisotopic (exact) mass is 475 g/mol. The molecule has 8 rings (SSSR count). The number of fused-ring (bicyclic) bond motifs is 4. The molecule has 1 N–H and O–H groups in total. The zero-order valence-electron chi connectivity index (χ0n) is 19.8. The standard InChI is InChI=1S/C26H29N5O4/c1-16(35-19-3-4-22-21(9-19)20-5-8-34-14-17(20)12-27-22)23-13-31(29-28-23)25-10-18(11-25)30(15-25)24(32)26(33)6-2-7-26/h3-4,9,12-13,16,18,33H,2,5-8,10-11,14-15H2,1H3/t16-,18?,25?/m1/s1. The SMILES string of the molecule is C[C@@H](Oc1ccc2ncc3c(c2c1)CCOC3)c1cn(C23CC(C2)N(C(=O)C2(O)CCC2)C3)nn1. The Morgan fingerprint density at radius 2 is 2.17 bits per heavy atom. The summed E-state index contributed by atoms with van der Waals surface area (Å²) >= 11 is 0. The van der Waals surface area contributed by atoms with Gasteiger partial charge < -0.3 is 19.5 Å². The molecular formula is C26H29N5O4. The van der Waals surface area contributed by atoms with Crippen molar-refractivity contribution in [1.82, 2.24) is 24.9 Å². The van der Waals surface area contributed by atoms with E-state index in [-0.39, 0.29) is 23.6 Å². The first-order chi connectivity index (χ1) is 16.9. The molecule has 2 saturated carbocycles. The number of carbonyl (C=O) groups excluding carboxylic acids is 1. The summed E-state index contributed by atoms with van der Waals surface area (Å²) in [7, 11) is 0. The topological polar surface area (TPSA) is 103 Å². The van der Waals surface area contributed by atoms with Crippen LogP contribution in [0.5, 0.6) is 5.75 Å². The van der Waals surface area contributed by atoms with Gasteiger partial charge in [0.1, 0.15) is 23.1 Å². The van der Waals surface area contributed by atoms with Crippen LogP contribution in [0.25, 0.3) is 10.9 Å². The highest BCUT2D eigenvalue weighted by Crippen LogP contribution is 2.51. The summed E-state index contributed by atoms with van der Waals surface area (Å²) in [5.41, 5.74) is 2.78. The molecule has 3 aliphatic heterocycles. The van der Waals surface area contributed by atoms with Gasteiger partial charge in [-0.05, 0) is 74.8 Å². The first-order valence-electron chi connectivity index (χ1n) is 12.6. The van der Waals surface area contributed by atoms with E-state index in [1.807, 2.05) is 41.0 Å². The third-order valence-corrected chi connectivity index (χ3v) is 8.50. The maximum Gasteiger partial charge on any atom is 0.254 e. The number of ether oxygens (including phenoxy) is 2. The minimum absolute atomic E-state index is 0.107. The number of aromatic nitrogens is 4. The first-order valence-corrected chi connectivity index (χ1v) is 12.6. The van der Waals surface area contributed by atoms with Crippen LogP contribution >= 0.6 is 0 Å². The summed E-state index contributed by atoms with van der Waals surface area (Å²) in [6, 6.07) is 6.20. The molecule has 1 amide bonds. The van der Waals surface area contributed by atoms with Crippen molar-refractivity contribution >= 4 is 16.8 Å². The summed E-state index contributed by atoms with van der Waals surface area (Å²) < 4.78 is 13.8. The molecule has 2 saturated heterocycles. The van der Waals surface area contributed by atoms with Gasteiger partial charge in [-0.15, -0.1) is 5.10 Å². The molecule has 2 bridgehead atoms. The van der Waals surface area contributed by atoms with Gasteiger partial charge in [0.05, 0.1) is 30.5 Å². The Labute approximate surface area is 203 Å². The number of hydrogen-bond acceptors (Lipinski definition) is 7. The second-order valence-corrected chi connectivity index (χ2v) is 10.7. The molecule has 9 heteroatoms. The van der Waals surface area contributed by atoms with Crippen LogP contribution in [-0.4, -0.2) is 60.7 Å². The van der Waals surface area contributed by atoms with E-state index in [1.165, 1.54) is 5.56 Å². The van der Waals surface area contributed by atoms with Crippen molar-refractivity contribution in [3.8, 4) is 5.75 Å². The minimum Gasteiger partial charge on any atom is -0.484 e. The number of hydrogen-bond donors (Lipinski definition) is 1. The number of carbonyl (C=O) groups is 1. The Bertz CT molecular complexity index is 1330. The zero-order valence-corrected chi connectivity index (χ0v) is 19.8. The van der Waals surface area contributed by atoms with Gasteiger partial charge in [-0.1, -0.05) is 5.21 Å². The van der Waals surface area contributed by atoms with Crippen molar-refractivity contribution < 1.29 is 19.4 Å².